The summed E-state index contributed by atoms with van der Waals surface area (Å²) in [5, 5.41) is 10.2. The van der Waals surface area contributed by atoms with E-state index in [0.717, 1.165) is 26.5 Å². The van der Waals surface area contributed by atoms with Crippen LogP contribution in [0.2, 0.25) is 5.28 Å². The lowest BCUT2D eigenvalue weighted by Crippen LogP contribution is -1.87. The van der Waals surface area contributed by atoms with Crippen LogP contribution in [0.25, 0.3) is 21.6 Å². The molecule has 3 aromatic heterocycles. The maximum absolute atomic E-state index is 9.07. The first-order valence-electron chi connectivity index (χ1n) is 4.98. The Morgan fingerprint density at radius 3 is 2.94 bits per heavy atom. The van der Waals surface area contributed by atoms with Gasteiger partial charge in [0.05, 0.1) is 17.2 Å². The minimum Gasteiger partial charge on any atom is -0.391 e. The molecule has 0 saturated carbocycles. The summed E-state index contributed by atoms with van der Waals surface area (Å²) in [5.41, 5.74) is 1.52. The van der Waals surface area contributed by atoms with Crippen molar-refractivity contribution in [2.75, 3.05) is 0 Å². The molecular formula is C11H8ClN3OS. The fraction of sp³-hybridized carbons (Fsp3) is 0.0909. The number of hydrogen-bond donors (Lipinski definition) is 2. The lowest BCUT2D eigenvalue weighted by atomic mass is 10.2. The monoisotopic (exact) mass is 265 g/mol. The number of aliphatic hydroxyl groups is 1. The summed E-state index contributed by atoms with van der Waals surface area (Å²) < 4.78 is 0. The van der Waals surface area contributed by atoms with Gasteiger partial charge in [-0.2, -0.15) is 4.98 Å². The quantitative estimate of drug-likeness (QED) is 0.701. The molecular weight excluding hydrogens is 258 g/mol. The summed E-state index contributed by atoms with van der Waals surface area (Å²) >= 11 is 7.38. The lowest BCUT2D eigenvalue weighted by molar-refractivity contribution is 0.285. The van der Waals surface area contributed by atoms with E-state index in [1.165, 1.54) is 11.3 Å². The number of aromatic amines is 1. The van der Waals surface area contributed by atoms with Crippen LogP contribution in [0, 0.1) is 0 Å². The Balaban J connectivity index is 2.24. The number of nitrogens with one attached hydrogen (secondary N) is 1. The SMILES string of the molecule is OCc1ccc(-c2nc(Cl)nc3[nH]ccc23)s1. The standard InChI is InChI=1S/C11H8ClN3OS/c12-11-14-9(7-3-4-13-10(7)15-11)8-2-1-6(5-16)17-8/h1-4,16H,5H2,(H,13,14,15). The number of aliphatic hydroxyl groups excluding tert-OH is 1. The first kappa shape index (κ1) is 10.7. The Kier molecular flexibility index (Phi) is 2.58. The van der Waals surface area contributed by atoms with Crippen molar-refractivity contribution in [1.29, 1.82) is 0 Å². The van der Waals surface area contributed by atoms with E-state index in [4.69, 9.17) is 16.7 Å². The van der Waals surface area contributed by atoms with E-state index in [-0.39, 0.29) is 11.9 Å². The zero-order valence-electron chi connectivity index (χ0n) is 8.64. The van der Waals surface area contributed by atoms with E-state index in [9.17, 15) is 0 Å². The highest BCUT2D eigenvalue weighted by molar-refractivity contribution is 7.15. The van der Waals surface area contributed by atoms with Crippen LogP contribution in [0.15, 0.2) is 24.4 Å². The smallest absolute Gasteiger partial charge is 0.224 e. The number of thiophene rings is 1. The third kappa shape index (κ3) is 1.82. The number of aromatic nitrogens is 3. The Bertz CT molecular complexity index is 676. The Labute approximate surface area is 106 Å². The fourth-order valence-corrected chi connectivity index (χ4v) is 2.73. The Hall–Kier alpha value is -1.43. The van der Waals surface area contributed by atoms with Crippen molar-refractivity contribution in [2.45, 2.75) is 6.61 Å². The first-order valence-corrected chi connectivity index (χ1v) is 6.18. The van der Waals surface area contributed by atoms with E-state index in [1.54, 1.807) is 6.20 Å². The van der Waals surface area contributed by atoms with Crippen molar-refractivity contribution in [3.05, 3.63) is 34.6 Å². The van der Waals surface area contributed by atoms with Crippen molar-refractivity contribution in [2.24, 2.45) is 0 Å². The molecule has 4 nitrogen and oxygen atoms in total. The van der Waals surface area contributed by atoms with Crippen LogP contribution < -0.4 is 0 Å². The van der Waals surface area contributed by atoms with Gasteiger partial charge in [-0.25, -0.2) is 4.98 Å². The predicted octanol–water partition coefficient (Wildman–Crippen LogP) is 2.83. The lowest BCUT2D eigenvalue weighted by Gasteiger charge is -1.99. The van der Waals surface area contributed by atoms with Gasteiger partial charge in [-0.3, -0.25) is 0 Å². The Morgan fingerprint density at radius 2 is 2.18 bits per heavy atom. The average molecular weight is 266 g/mol. The molecule has 3 heterocycles. The highest BCUT2D eigenvalue weighted by Crippen LogP contribution is 2.32. The van der Waals surface area contributed by atoms with E-state index < -0.39 is 0 Å². The van der Waals surface area contributed by atoms with Crippen molar-refractivity contribution >= 4 is 34.0 Å². The largest absolute Gasteiger partial charge is 0.391 e. The normalized spacial score (nSPS) is 11.2. The Morgan fingerprint density at radius 1 is 1.29 bits per heavy atom. The molecule has 0 spiro atoms. The number of rotatable bonds is 2. The molecule has 0 amide bonds. The summed E-state index contributed by atoms with van der Waals surface area (Å²) in [7, 11) is 0. The van der Waals surface area contributed by atoms with Gasteiger partial charge in [0.25, 0.3) is 0 Å². The molecule has 6 heteroatoms. The van der Waals surface area contributed by atoms with Crippen LogP contribution >= 0.6 is 22.9 Å². The van der Waals surface area contributed by atoms with E-state index in [2.05, 4.69) is 15.0 Å². The van der Waals surface area contributed by atoms with Gasteiger partial charge in [-0.05, 0) is 29.8 Å². The van der Waals surface area contributed by atoms with Gasteiger partial charge in [-0.15, -0.1) is 11.3 Å². The molecule has 3 aromatic rings. The molecule has 0 aliphatic carbocycles. The van der Waals surface area contributed by atoms with E-state index in [1.807, 2.05) is 18.2 Å². The summed E-state index contributed by atoms with van der Waals surface area (Å²) in [6.45, 7) is 0.0414. The third-order valence-corrected chi connectivity index (χ3v) is 3.69. The molecule has 0 fully saturated rings. The number of nitrogens with zero attached hydrogens (tertiary/aromatic N) is 2. The number of hydrogen-bond acceptors (Lipinski definition) is 4. The average Bonchev–Trinajstić information content (AvgIpc) is 2.95. The maximum atomic E-state index is 9.07. The minimum atomic E-state index is 0.0414. The van der Waals surface area contributed by atoms with Crippen molar-refractivity contribution < 1.29 is 5.11 Å². The van der Waals surface area contributed by atoms with Gasteiger partial charge >= 0.3 is 0 Å². The fourth-order valence-electron chi connectivity index (χ4n) is 1.69. The van der Waals surface area contributed by atoms with Crippen LogP contribution in [0.3, 0.4) is 0 Å². The van der Waals surface area contributed by atoms with Crippen LogP contribution in [0.5, 0.6) is 0 Å². The third-order valence-electron chi connectivity index (χ3n) is 2.44. The van der Waals surface area contributed by atoms with Crippen LogP contribution in [0.1, 0.15) is 4.88 Å². The van der Waals surface area contributed by atoms with Crippen LogP contribution in [-0.2, 0) is 6.61 Å². The van der Waals surface area contributed by atoms with Gasteiger partial charge < -0.3 is 10.1 Å². The van der Waals surface area contributed by atoms with Gasteiger partial charge in [0.15, 0.2) is 0 Å². The molecule has 0 radical (unpaired) electrons. The number of halogens is 1. The van der Waals surface area contributed by atoms with E-state index >= 15 is 0 Å². The molecule has 0 saturated heterocycles. The van der Waals surface area contributed by atoms with Crippen molar-refractivity contribution in [3.63, 3.8) is 0 Å². The van der Waals surface area contributed by atoms with Gasteiger partial charge in [0.2, 0.25) is 5.28 Å². The van der Waals surface area contributed by atoms with Crippen molar-refractivity contribution in [1.82, 2.24) is 15.0 Å². The summed E-state index contributed by atoms with van der Waals surface area (Å²) in [4.78, 5) is 13.2. The second-order valence-corrected chi connectivity index (χ2v) is 5.01. The van der Waals surface area contributed by atoms with Crippen LogP contribution in [0.4, 0.5) is 0 Å². The number of fused-ring (bicyclic) bond motifs is 1. The molecule has 0 aliphatic rings. The molecule has 0 atom stereocenters. The molecule has 0 aliphatic heterocycles. The second kappa shape index (κ2) is 4.10. The molecule has 0 bridgehead atoms. The number of H-pyrrole nitrogens is 1. The topological polar surface area (TPSA) is 61.8 Å². The van der Waals surface area contributed by atoms with Gasteiger partial charge in [0, 0.05) is 16.5 Å². The van der Waals surface area contributed by atoms with Gasteiger partial charge in [0.1, 0.15) is 5.65 Å². The highest BCUT2D eigenvalue weighted by Gasteiger charge is 2.11. The van der Waals surface area contributed by atoms with Crippen LogP contribution in [-0.4, -0.2) is 20.1 Å². The summed E-state index contributed by atoms with van der Waals surface area (Å²) in [5.74, 6) is 0. The molecule has 0 aromatic carbocycles. The maximum Gasteiger partial charge on any atom is 0.224 e. The highest BCUT2D eigenvalue weighted by atomic mass is 35.5. The molecule has 0 unspecified atom stereocenters. The molecule has 17 heavy (non-hydrogen) atoms. The minimum absolute atomic E-state index is 0.0414. The summed E-state index contributed by atoms with van der Waals surface area (Å²) in [6, 6.07) is 5.73. The first-order chi connectivity index (χ1) is 8.28. The second-order valence-electron chi connectivity index (χ2n) is 3.51. The molecule has 86 valence electrons. The van der Waals surface area contributed by atoms with Gasteiger partial charge in [-0.1, -0.05) is 0 Å². The molecule has 3 rings (SSSR count). The predicted molar refractivity (Wildman–Crippen MR) is 68.1 cm³/mol. The van der Waals surface area contributed by atoms with Crippen molar-refractivity contribution in [3.8, 4) is 10.6 Å². The molecule has 2 N–H and O–H groups in total. The van der Waals surface area contributed by atoms with E-state index in [0.29, 0.717) is 0 Å². The zero-order valence-corrected chi connectivity index (χ0v) is 10.2. The summed E-state index contributed by atoms with van der Waals surface area (Å²) in [6.07, 6.45) is 1.81. The zero-order chi connectivity index (χ0) is 11.8.